The van der Waals surface area contributed by atoms with Crippen LogP contribution in [0.5, 0.6) is 0 Å². The first kappa shape index (κ1) is 57.3. The molecule has 0 amide bonds. The van der Waals surface area contributed by atoms with E-state index in [9.17, 15) is 66.1 Å². The molecule has 0 bridgehead atoms. The van der Waals surface area contributed by atoms with Gasteiger partial charge in [-0.15, -0.1) is 0 Å². The fraction of sp³-hybridized carbons (Fsp3) is 0.942. The molecule has 5 saturated heterocycles. The Kier molecular flexibility index (Phi) is 16.4. The molecule has 28 atom stereocenters. The molecule has 22 nitrogen and oxygen atoms in total. The van der Waals surface area contributed by atoms with Crippen LogP contribution >= 0.6 is 0 Å². The summed E-state index contributed by atoms with van der Waals surface area (Å²) < 4.78 is 54.7. The van der Waals surface area contributed by atoms with Gasteiger partial charge in [0.05, 0.1) is 44.2 Å². The van der Waals surface area contributed by atoms with Gasteiger partial charge in [0.15, 0.2) is 30.9 Å². The number of ether oxygens (including phenoxy) is 9. The van der Waals surface area contributed by atoms with Crippen molar-refractivity contribution in [2.24, 2.45) is 33.5 Å². The van der Waals surface area contributed by atoms with Crippen molar-refractivity contribution in [2.45, 2.75) is 247 Å². The van der Waals surface area contributed by atoms with Crippen LogP contribution in [0.3, 0.4) is 0 Å². The summed E-state index contributed by atoms with van der Waals surface area (Å²) in [6.45, 7) is 12.5. The van der Waals surface area contributed by atoms with E-state index in [1.165, 1.54) is 18.1 Å². The Morgan fingerprint density at radius 2 is 1.28 bits per heavy atom. The van der Waals surface area contributed by atoms with Crippen molar-refractivity contribution >= 4 is 5.78 Å². The summed E-state index contributed by atoms with van der Waals surface area (Å²) in [4.78, 5) is 13.0. The minimum Gasteiger partial charge on any atom is -0.396 e. The maximum atomic E-state index is 13.0. The van der Waals surface area contributed by atoms with E-state index in [1.807, 2.05) is 13.8 Å². The molecule has 0 aromatic heterocycles. The number of ketones is 1. The molecule has 1 spiro atoms. The van der Waals surface area contributed by atoms with Crippen LogP contribution in [0.15, 0.2) is 11.1 Å². The predicted molar refractivity (Wildman–Crippen MR) is 253 cm³/mol. The number of carbonyl (C=O) groups excluding carboxylic acids is 1. The van der Waals surface area contributed by atoms with Crippen molar-refractivity contribution in [2.75, 3.05) is 26.4 Å². The SMILES string of the molecule is CCC(=O)[C@H]1C[C@@H](C)[C@]2(CC[C@@]3(C)C4=C(CC[C@@]32C)[C@@]2(C)CC[C@H](O[C@@H]3O[C@H](CO[C@@H]5OC[C@H](O)[C@H](O)[C@H]5O[C@@H]5O[C@H](CO)[C@@H](O)[C@H](O)[C@H]5O[C@@H]5O[C@@H](C)[C@H](O)[C@@H](O)[C@H]5O)[C@@H](O)[C@H](O)[C@H]3O)[C@](C)(CO)[C@@H]2CC4)O1. The van der Waals surface area contributed by atoms with Gasteiger partial charge in [-0.2, -0.15) is 0 Å². The number of aliphatic hydroxyl groups excluding tert-OH is 12. The molecule has 0 unspecified atom stereocenters. The third-order valence-corrected chi connectivity index (χ3v) is 20.5. The molecule has 2 saturated carbocycles. The molecule has 22 heteroatoms. The molecule has 0 aromatic rings. The molecule has 7 fully saturated rings. The van der Waals surface area contributed by atoms with Crippen molar-refractivity contribution < 1.29 is 109 Å². The number of Topliss-reactive ketones (excluding diaryl/α,β-unsaturated/α-hetero) is 1. The highest BCUT2D eigenvalue weighted by Gasteiger charge is 2.72. The Hall–Kier alpha value is -1.43. The third-order valence-electron chi connectivity index (χ3n) is 20.5. The van der Waals surface area contributed by atoms with Gasteiger partial charge in [-0.1, -0.05) is 52.7 Å². The van der Waals surface area contributed by atoms with Gasteiger partial charge in [0, 0.05) is 17.3 Å². The standard InChI is InChI=1S/C52H84O22/c1-8-26(55)28-17-22(2)52(74-28)16-15-50(6)25-9-10-31-48(4,24(25)11-14-51(50,52)7)13-12-32(49(31,5)21-54)71-45-41(65)38(62)36(60)30(70-45)20-67-46-42(34(58)27(56)19-66-46)73-47-43(39(63)35(59)29(18-53)69-47)72-44-40(64)37(61)33(57)23(3)68-44/h22-23,27-47,53-54,56-65H,8-21H2,1-7H3/t22-,23+,27+,28-,29-,30-,31-,32+,33+,34+,35-,36-,37-,38+,39+,40-,41-,42-,43-,44+,45+,46+,47+,48-,49-,50+,51+,52+/m1/s1. The summed E-state index contributed by atoms with van der Waals surface area (Å²) in [6, 6.07) is 0. The number of carbonyl (C=O) groups is 1. The number of fused-ring (bicyclic) bond motifs is 5. The largest absolute Gasteiger partial charge is 0.396 e. The number of allylic oxidation sites excluding steroid dienone is 2. The zero-order valence-corrected chi connectivity index (χ0v) is 43.6. The summed E-state index contributed by atoms with van der Waals surface area (Å²) in [7, 11) is 0. The third kappa shape index (κ3) is 9.02. The van der Waals surface area contributed by atoms with E-state index >= 15 is 0 Å². The molecular weight excluding hydrogens is 977 g/mol. The normalized spacial score (nSPS) is 54.7. The lowest BCUT2D eigenvalue weighted by atomic mass is 9.42. The number of aliphatic hydroxyl groups is 12. The minimum absolute atomic E-state index is 0.0370. The molecule has 424 valence electrons. The van der Waals surface area contributed by atoms with Crippen LogP contribution in [0.4, 0.5) is 0 Å². The van der Waals surface area contributed by atoms with E-state index < -0.39 is 148 Å². The number of rotatable bonds is 13. The van der Waals surface area contributed by atoms with Crippen LogP contribution in [0, 0.1) is 33.5 Å². The van der Waals surface area contributed by atoms with Crippen LogP contribution in [-0.2, 0) is 47.4 Å². The van der Waals surface area contributed by atoms with Crippen molar-refractivity contribution in [3.8, 4) is 0 Å². The molecule has 5 heterocycles. The summed E-state index contributed by atoms with van der Waals surface area (Å²) in [5.41, 5.74) is 1.10. The Balaban J connectivity index is 0.892. The summed E-state index contributed by atoms with van der Waals surface area (Å²) in [5.74, 6) is 0.375. The van der Waals surface area contributed by atoms with E-state index in [2.05, 4.69) is 27.7 Å². The molecular formula is C52H84O22. The van der Waals surface area contributed by atoms with Gasteiger partial charge >= 0.3 is 0 Å². The highest BCUT2D eigenvalue weighted by molar-refractivity contribution is 5.83. The monoisotopic (exact) mass is 1060 g/mol. The fourth-order valence-corrected chi connectivity index (χ4v) is 15.6. The molecule has 0 aromatic carbocycles. The van der Waals surface area contributed by atoms with Gasteiger partial charge in [0.1, 0.15) is 91.6 Å². The van der Waals surface area contributed by atoms with Crippen LogP contribution in [-0.4, -0.2) is 228 Å². The summed E-state index contributed by atoms with van der Waals surface area (Å²) in [6.07, 6.45) is -24.8. The highest BCUT2D eigenvalue weighted by atomic mass is 16.8. The highest BCUT2D eigenvalue weighted by Crippen LogP contribution is 2.75. The quantitative estimate of drug-likeness (QED) is 0.0940. The van der Waals surface area contributed by atoms with E-state index in [4.69, 9.17) is 42.6 Å². The average molecular weight is 1060 g/mol. The summed E-state index contributed by atoms with van der Waals surface area (Å²) in [5, 5.41) is 131. The topological polar surface area (TPSA) is 343 Å². The maximum Gasteiger partial charge on any atom is 0.187 e. The molecule has 4 aliphatic carbocycles. The Morgan fingerprint density at radius 3 is 1.96 bits per heavy atom. The van der Waals surface area contributed by atoms with Crippen LogP contribution in [0.25, 0.3) is 0 Å². The Labute approximate surface area is 431 Å². The van der Waals surface area contributed by atoms with Gasteiger partial charge in [-0.3, -0.25) is 4.79 Å². The average Bonchev–Trinajstić information content (AvgIpc) is 3.86. The zero-order valence-electron chi connectivity index (χ0n) is 43.6. The molecule has 9 rings (SSSR count). The van der Waals surface area contributed by atoms with Crippen LogP contribution in [0.2, 0.25) is 0 Å². The molecule has 12 N–H and O–H groups in total. The number of hydrogen-bond acceptors (Lipinski definition) is 22. The zero-order chi connectivity index (χ0) is 53.8. The summed E-state index contributed by atoms with van der Waals surface area (Å²) >= 11 is 0. The van der Waals surface area contributed by atoms with Crippen LogP contribution in [0.1, 0.15) is 113 Å². The van der Waals surface area contributed by atoms with Gasteiger partial charge < -0.3 is 104 Å². The molecule has 0 radical (unpaired) electrons. The lowest BCUT2D eigenvalue weighted by Gasteiger charge is -2.63. The molecule has 74 heavy (non-hydrogen) atoms. The number of hydrogen-bond donors (Lipinski definition) is 12. The Bertz CT molecular complexity index is 2030. The molecule has 9 aliphatic rings. The van der Waals surface area contributed by atoms with Crippen molar-refractivity contribution in [1.29, 1.82) is 0 Å². The van der Waals surface area contributed by atoms with Crippen molar-refractivity contribution in [3.63, 3.8) is 0 Å². The molecule has 5 aliphatic heterocycles. The predicted octanol–water partition coefficient (Wildman–Crippen LogP) is -1.44. The van der Waals surface area contributed by atoms with Gasteiger partial charge in [-0.05, 0) is 87.4 Å². The van der Waals surface area contributed by atoms with E-state index in [0.29, 0.717) is 19.3 Å². The van der Waals surface area contributed by atoms with E-state index in [-0.39, 0.29) is 52.2 Å². The van der Waals surface area contributed by atoms with Gasteiger partial charge in [0.25, 0.3) is 0 Å². The first-order valence-electron chi connectivity index (χ1n) is 27.0. The lowest BCUT2D eigenvalue weighted by Crippen LogP contribution is -2.66. The van der Waals surface area contributed by atoms with Gasteiger partial charge in [-0.25, -0.2) is 0 Å². The smallest absolute Gasteiger partial charge is 0.187 e. The fourth-order valence-electron chi connectivity index (χ4n) is 15.6. The maximum absolute atomic E-state index is 13.0. The van der Waals surface area contributed by atoms with E-state index in [1.54, 1.807) is 0 Å². The first-order valence-corrected chi connectivity index (χ1v) is 27.0. The second-order valence-electron chi connectivity index (χ2n) is 24.1. The lowest BCUT2D eigenvalue weighted by molar-refractivity contribution is -0.390. The van der Waals surface area contributed by atoms with Crippen molar-refractivity contribution in [3.05, 3.63) is 11.1 Å². The van der Waals surface area contributed by atoms with Crippen molar-refractivity contribution in [1.82, 2.24) is 0 Å². The van der Waals surface area contributed by atoms with E-state index in [0.717, 1.165) is 44.9 Å². The second-order valence-corrected chi connectivity index (χ2v) is 24.1. The minimum atomic E-state index is -1.91. The Morgan fingerprint density at radius 1 is 0.649 bits per heavy atom. The second kappa shape index (κ2) is 21.2. The van der Waals surface area contributed by atoms with Crippen LogP contribution < -0.4 is 0 Å². The van der Waals surface area contributed by atoms with Gasteiger partial charge in [0.2, 0.25) is 0 Å². The first-order chi connectivity index (χ1) is 34.9.